The van der Waals surface area contributed by atoms with Crippen molar-refractivity contribution < 1.29 is 0 Å². The molecule has 1 aliphatic carbocycles. The van der Waals surface area contributed by atoms with Gasteiger partial charge < -0.3 is 0 Å². The smallest absolute Gasteiger partial charge is 0.0708 e. The number of pyridine rings is 1. The van der Waals surface area contributed by atoms with Crippen molar-refractivity contribution in [1.82, 2.24) is 4.98 Å². The number of hydrogen-bond donors (Lipinski definition) is 0. The van der Waals surface area contributed by atoms with Gasteiger partial charge in [0, 0.05) is 17.2 Å². The maximum absolute atomic E-state index is 4.73. The molecule has 0 amide bonds. The van der Waals surface area contributed by atoms with Gasteiger partial charge in [-0.25, -0.2) is 0 Å². The first kappa shape index (κ1) is 29.1. The van der Waals surface area contributed by atoms with Gasteiger partial charge in [-0.05, 0) is 127 Å². The molecule has 0 saturated carbocycles. The van der Waals surface area contributed by atoms with Crippen LogP contribution in [-0.4, -0.2) is 4.98 Å². The monoisotopic (exact) mass is 671 g/mol. The standard InChI is InChI=1S/C52H33N/c1-52(2)44-29-32(33-23-18-30-21-26-42-36(45-17-9-10-28-53-45)24-19-31-20-25-41(33)46(30)47(31)42)22-27-43(44)49-40-16-8-7-15-39(40)48-37-13-5-3-11-34(37)35-12-4-6-14-38(35)50(48)51(49)52/h3-29H,1-2H3. The summed E-state index contributed by atoms with van der Waals surface area (Å²) in [6.45, 7) is 4.89. The van der Waals surface area contributed by atoms with Crippen LogP contribution in [0.1, 0.15) is 25.0 Å². The highest BCUT2D eigenvalue weighted by Gasteiger charge is 2.39. The van der Waals surface area contributed by atoms with Gasteiger partial charge in [-0.2, -0.15) is 0 Å². The fourth-order valence-corrected chi connectivity index (χ4v) is 10.1. The minimum atomic E-state index is -0.227. The Morgan fingerprint density at radius 3 is 1.58 bits per heavy atom. The largest absolute Gasteiger partial charge is 0.256 e. The molecular formula is C52H33N. The molecule has 246 valence electrons. The maximum atomic E-state index is 4.73. The summed E-state index contributed by atoms with van der Waals surface area (Å²) in [5.41, 5.74) is 10.1. The van der Waals surface area contributed by atoms with Crippen molar-refractivity contribution in [2.45, 2.75) is 19.3 Å². The normalized spacial score (nSPS) is 13.6. The van der Waals surface area contributed by atoms with Gasteiger partial charge >= 0.3 is 0 Å². The average Bonchev–Trinajstić information content (AvgIpc) is 3.45. The van der Waals surface area contributed by atoms with Crippen LogP contribution >= 0.6 is 0 Å². The molecule has 1 aromatic heterocycles. The van der Waals surface area contributed by atoms with Gasteiger partial charge in [-0.3, -0.25) is 4.98 Å². The molecule has 0 bridgehead atoms. The van der Waals surface area contributed by atoms with Gasteiger partial charge in [0.05, 0.1) is 5.69 Å². The lowest BCUT2D eigenvalue weighted by molar-refractivity contribution is 0.667. The summed E-state index contributed by atoms with van der Waals surface area (Å²) in [6, 6.07) is 58.9. The Morgan fingerprint density at radius 2 is 0.925 bits per heavy atom. The number of fused-ring (bicyclic) bond motifs is 13. The second kappa shape index (κ2) is 10.3. The van der Waals surface area contributed by atoms with Gasteiger partial charge in [0.2, 0.25) is 0 Å². The van der Waals surface area contributed by atoms with Crippen LogP contribution < -0.4 is 0 Å². The van der Waals surface area contributed by atoms with Crippen molar-refractivity contribution in [2.75, 3.05) is 0 Å². The summed E-state index contributed by atoms with van der Waals surface area (Å²) < 4.78 is 0. The van der Waals surface area contributed by atoms with E-state index >= 15 is 0 Å². The number of benzene rings is 10. The minimum absolute atomic E-state index is 0.227. The maximum Gasteiger partial charge on any atom is 0.0708 e. The van der Waals surface area contributed by atoms with Crippen LogP contribution in [0.3, 0.4) is 0 Å². The zero-order valence-electron chi connectivity index (χ0n) is 29.5. The third-order valence-corrected chi connectivity index (χ3v) is 12.4. The quantitative estimate of drug-likeness (QED) is 0.167. The third kappa shape index (κ3) is 3.74. The molecule has 0 spiro atoms. The van der Waals surface area contributed by atoms with Gasteiger partial charge in [0.15, 0.2) is 0 Å². The molecule has 10 aromatic carbocycles. The van der Waals surface area contributed by atoms with Crippen molar-refractivity contribution in [3.63, 3.8) is 0 Å². The predicted molar refractivity (Wildman–Crippen MR) is 226 cm³/mol. The SMILES string of the molecule is CC1(C)c2cc(-c3ccc4ccc5c(-c6ccccn6)ccc6ccc3c4c65)ccc2-c2c1c1c3ccccc3c3ccccc3c1c1ccccc21. The number of rotatable bonds is 2. The molecular weight excluding hydrogens is 639 g/mol. The molecule has 1 heterocycles. The van der Waals surface area contributed by atoms with E-state index in [9.17, 15) is 0 Å². The molecule has 0 saturated heterocycles. The molecule has 11 aromatic rings. The Morgan fingerprint density at radius 1 is 0.396 bits per heavy atom. The average molecular weight is 672 g/mol. The van der Waals surface area contributed by atoms with E-state index in [-0.39, 0.29) is 5.41 Å². The van der Waals surface area contributed by atoms with E-state index in [0.29, 0.717) is 0 Å². The van der Waals surface area contributed by atoms with Crippen LogP contribution in [0.15, 0.2) is 164 Å². The summed E-state index contributed by atoms with van der Waals surface area (Å²) >= 11 is 0. The van der Waals surface area contributed by atoms with Gasteiger partial charge in [0.1, 0.15) is 0 Å². The predicted octanol–water partition coefficient (Wildman–Crippen LogP) is 14.2. The summed E-state index contributed by atoms with van der Waals surface area (Å²) in [4.78, 5) is 4.73. The lowest BCUT2D eigenvalue weighted by Crippen LogP contribution is -2.16. The fourth-order valence-electron chi connectivity index (χ4n) is 10.1. The van der Waals surface area contributed by atoms with Crippen molar-refractivity contribution >= 4 is 75.4 Å². The van der Waals surface area contributed by atoms with E-state index in [2.05, 4.69) is 166 Å². The Kier molecular flexibility index (Phi) is 5.63. The minimum Gasteiger partial charge on any atom is -0.256 e. The molecule has 0 fully saturated rings. The van der Waals surface area contributed by atoms with E-state index in [1.54, 1.807) is 0 Å². The molecule has 0 radical (unpaired) electrons. The third-order valence-electron chi connectivity index (χ3n) is 12.4. The Balaban J connectivity index is 1.14. The second-order valence-corrected chi connectivity index (χ2v) is 15.4. The molecule has 0 N–H and O–H groups in total. The number of hydrogen-bond acceptors (Lipinski definition) is 1. The van der Waals surface area contributed by atoms with Crippen LogP contribution in [0, 0.1) is 0 Å². The number of aromatic nitrogens is 1. The molecule has 0 unspecified atom stereocenters. The molecule has 53 heavy (non-hydrogen) atoms. The lowest BCUT2D eigenvalue weighted by Gasteiger charge is -2.26. The van der Waals surface area contributed by atoms with Gasteiger partial charge in [-0.15, -0.1) is 0 Å². The van der Waals surface area contributed by atoms with Gasteiger partial charge in [-0.1, -0.05) is 153 Å². The zero-order valence-corrected chi connectivity index (χ0v) is 29.5. The van der Waals surface area contributed by atoms with E-state index in [4.69, 9.17) is 4.98 Å². The van der Waals surface area contributed by atoms with Crippen LogP contribution in [0.2, 0.25) is 0 Å². The Bertz CT molecular complexity index is 3350. The van der Waals surface area contributed by atoms with Crippen molar-refractivity contribution in [3.05, 3.63) is 175 Å². The summed E-state index contributed by atoms with van der Waals surface area (Å²) in [7, 11) is 0. The second-order valence-electron chi connectivity index (χ2n) is 15.4. The fraction of sp³-hybridized carbons (Fsp3) is 0.0577. The summed E-state index contributed by atoms with van der Waals surface area (Å²) in [5.74, 6) is 0. The molecule has 0 aliphatic heterocycles. The van der Waals surface area contributed by atoms with E-state index < -0.39 is 0 Å². The highest BCUT2D eigenvalue weighted by atomic mass is 14.7. The molecule has 1 heteroatoms. The van der Waals surface area contributed by atoms with Crippen molar-refractivity contribution in [1.29, 1.82) is 0 Å². The van der Waals surface area contributed by atoms with Crippen molar-refractivity contribution in [2.24, 2.45) is 0 Å². The number of nitrogens with zero attached hydrogens (tertiary/aromatic N) is 1. The molecule has 0 atom stereocenters. The molecule has 1 aliphatic rings. The van der Waals surface area contributed by atoms with Crippen LogP contribution in [0.25, 0.3) is 109 Å². The first-order valence-electron chi connectivity index (χ1n) is 18.6. The first-order valence-corrected chi connectivity index (χ1v) is 18.6. The van der Waals surface area contributed by atoms with E-state index in [0.717, 1.165) is 5.69 Å². The molecule has 1 nitrogen and oxygen atoms in total. The van der Waals surface area contributed by atoms with Crippen LogP contribution in [-0.2, 0) is 5.41 Å². The van der Waals surface area contributed by atoms with E-state index in [1.807, 2.05) is 12.3 Å². The lowest BCUT2D eigenvalue weighted by atomic mass is 9.76. The van der Waals surface area contributed by atoms with Gasteiger partial charge in [0.25, 0.3) is 0 Å². The molecule has 12 rings (SSSR count). The van der Waals surface area contributed by atoms with Crippen molar-refractivity contribution in [3.8, 4) is 33.5 Å². The Hall–Kier alpha value is -6.57. The topological polar surface area (TPSA) is 12.9 Å². The highest BCUT2D eigenvalue weighted by Crippen LogP contribution is 2.57. The van der Waals surface area contributed by atoms with Crippen LogP contribution in [0.4, 0.5) is 0 Å². The van der Waals surface area contributed by atoms with E-state index in [1.165, 1.54) is 114 Å². The zero-order chi connectivity index (χ0) is 35.0. The first-order chi connectivity index (χ1) is 26.1. The summed E-state index contributed by atoms with van der Waals surface area (Å²) in [5, 5.41) is 18.4. The Labute approximate surface area is 307 Å². The van der Waals surface area contributed by atoms with Crippen LogP contribution in [0.5, 0.6) is 0 Å². The highest BCUT2D eigenvalue weighted by molar-refractivity contribution is 6.35. The summed E-state index contributed by atoms with van der Waals surface area (Å²) in [6.07, 6.45) is 1.88.